The Hall–Kier alpha value is -2.45. The molecule has 0 aliphatic carbocycles. The number of H-pyrrole nitrogens is 1. The summed E-state index contributed by atoms with van der Waals surface area (Å²) in [6.07, 6.45) is 2.26. The highest BCUT2D eigenvalue weighted by atomic mass is 32.2. The molecule has 8 heteroatoms. The highest BCUT2D eigenvalue weighted by Crippen LogP contribution is 2.21. The number of aromatic amines is 1. The van der Waals surface area contributed by atoms with Gasteiger partial charge >= 0.3 is 0 Å². The first-order valence-electron chi connectivity index (χ1n) is 8.28. The number of nitrogens with one attached hydrogen (secondary N) is 1. The van der Waals surface area contributed by atoms with Crippen LogP contribution < -0.4 is 9.47 Å². The number of imidazole rings is 1. The average molecular weight is 376 g/mol. The molecule has 0 aliphatic rings. The van der Waals surface area contributed by atoms with Gasteiger partial charge in [0, 0.05) is 30.9 Å². The van der Waals surface area contributed by atoms with Gasteiger partial charge in [-0.05, 0) is 19.1 Å². The van der Waals surface area contributed by atoms with Crippen LogP contribution in [0.5, 0.6) is 5.75 Å². The minimum atomic E-state index is -1.43. The summed E-state index contributed by atoms with van der Waals surface area (Å²) in [7, 11) is 0.219. The van der Waals surface area contributed by atoms with E-state index in [1.165, 1.54) is 6.20 Å². The molecule has 3 aromatic rings. The van der Waals surface area contributed by atoms with E-state index in [0.717, 1.165) is 27.7 Å². The first-order valence-corrected chi connectivity index (χ1v) is 9.60. The highest BCUT2D eigenvalue weighted by molar-refractivity contribution is 7.84. The molecule has 3 rings (SSSR count). The van der Waals surface area contributed by atoms with Crippen LogP contribution in [0.3, 0.4) is 0 Å². The lowest BCUT2D eigenvalue weighted by molar-refractivity contribution is -0.909. The van der Waals surface area contributed by atoms with E-state index in [-0.39, 0.29) is 5.75 Å². The molecule has 0 amide bonds. The van der Waals surface area contributed by atoms with Crippen molar-refractivity contribution in [3.63, 3.8) is 0 Å². The third-order valence-corrected chi connectivity index (χ3v) is 5.21. The molecule has 26 heavy (non-hydrogen) atoms. The Morgan fingerprint density at radius 1 is 1.27 bits per heavy atom. The smallest absolute Gasteiger partial charge is 0.253 e. The Morgan fingerprint density at radius 3 is 2.85 bits per heavy atom. The van der Waals surface area contributed by atoms with Crippen molar-refractivity contribution in [2.75, 3.05) is 20.3 Å². The lowest BCUT2D eigenvalue weighted by Crippen LogP contribution is -2.36. The van der Waals surface area contributed by atoms with Crippen molar-refractivity contribution in [3.8, 4) is 5.75 Å². The predicted octanol–water partition coefficient (Wildman–Crippen LogP) is 2.12. The summed E-state index contributed by atoms with van der Waals surface area (Å²) in [5.74, 6) is 0.778. The van der Waals surface area contributed by atoms with Gasteiger partial charge in [0.25, 0.3) is 5.69 Å². The van der Waals surface area contributed by atoms with Gasteiger partial charge in [-0.1, -0.05) is 12.1 Å². The van der Waals surface area contributed by atoms with Gasteiger partial charge in [-0.15, -0.1) is 0 Å². The standard InChI is InChI=1S/C18H22N3O4S/c1-13-16(21(22)9-8-17(13)25-11-5-10-24-2)12-26(23)18-19-14-6-3-4-7-15(14)20-18/h3-4,6-9,22H,5,10-12H2,1-2H3,(H,19,20)/q+1/t26-/m1/s1. The number of fused-ring (bicyclic) bond motifs is 1. The number of benzene rings is 1. The van der Waals surface area contributed by atoms with Crippen molar-refractivity contribution in [1.82, 2.24) is 9.97 Å². The summed E-state index contributed by atoms with van der Waals surface area (Å²) >= 11 is 0. The van der Waals surface area contributed by atoms with Crippen LogP contribution in [0.15, 0.2) is 41.7 Å². The van der Waals surface area contributed by atoms with Crippen LogP contribution in [-0.4, -0.2) is 39.7 Å². The minimum Gasteiger partial charge on any atom is -0.493 e. The maximum Gasteiger partial charge on any atom is 0.253 e. The Bertz CT molecular complexity index is 893. The van der Waals surface area contributed by atoms with Crippen LogP contribution in [0.4, 0.5) is 0 Å². The molecular formula is C18H22N3O4S+. The predicted molar refractivity (Wildman–Crippen MR) is 96.8 cm³/mol. The maximum atomic E-state index is 12.7. The van der Waals surface area contributed by atoms with E-state index in [1.54, 1.807) is 13.2 Å². The summed E-state index contributed by atoms with van der Waals surface area (Å²) in [5.41, 5.74) is 2.87. The van der Waals surface area contributed by atoms with Gasteiger partial charge in [0.05, 0.1) is 34.0 Å². The van der Waals surface area contributed by atoms with Gasteiger partial charge in [-0.2, -0.15) is 0 Å². The van der Waals surface area contributed by atoms with Crippen LogP contribution in [0.1, 0.15) is 17.7 Å². The third kappa shape index (κ3) is 4.03. The zero-order valence-corrected chi connectivity index (χ0v) is 15.6. The second kappa shape index (κ2) is 8.29. The minimum absolute atomic E-state index is 0.122. The van der Waals surface area contributed by atoms with E-state index in [2.05, 4.69) is 9.97 Å². The van der Waals surface area contributed by atoms with Crippen LogP contribution in [0.25, 0.3) is 11.0 Å². The monoisotopic (exact) mass is 376 g/mol. The van der Waals surface area contributed by atoms with Gasteiger partial charge < -0.3 is 14.5 Å². The molecule has 0 saturated carbocycles. The molecule has 7 nitrogen and oxygen atoms in total. The van der Waals surface area contributed by atoms with Crippen molar-refractivity contribution < 1.29 is 23.6 Å². The Kier molecular flexibility index (Phi) is 5.85. The number of nitrogens with zero attached hydrogens (tertiary/aromatic N) is 2. The molecule has 0 aliphatic heterocycles. The molecule has 1 atom stereocenters. The largest absolute Gasteiger partial charge is 0.493 e. The normalized spacial score (nSPS) is 12.4. The number of hydrogen-bond acceptors (Lipinski definition) is 5. The molecule has 138 valence electrons. The Labute approximate surface area is 154 Å². The number of methoxy groups -OCH3 is 1. The molecule has 0 spiro atoms. The van der Waals surface area contributed by atoms with Crippen molar-refractivity contribution in [3.05, 3.63) is 47.8 Å². The van der Waals surface area contributed by atoms with Gasteiger partial charge in [-0.25, -0.2) is 4.98 Å². The molecule has 2 heterocycles. The number of para-hydroxylation sites is 2. The fourth-order valence-corrected chi connectivity index (χ4v) is 3.77. The van der Waals surface area contributed by atoms with E-state index in [0.29, 0.717) is 29.8 Å². The summed E-state index contributed by atoms with van der Waals surface area (Å²) < 4.78 is 24.5. The van der Waals surface area contributed by atoms with Crippen molar-refractivity contribution in [2.24, 2.45) is 0 Å². The SMILES string of the molecule is COCCCOc1cc[n+](O)c(C[S@@](=O)c2nc3ccccc3[nH]2)c1C. The van der Waals surface area contributed by atoms with E-state index in [1.807, 2.05) is 31.2 Å². The van der Waals surface area contributed by atoms with Crippen LogP contribution >= 0.6 is 0 Å². The lowest BCUT2D eigenvalue weighted by Gasteiger charge is -2.09. The molecule has 1 aromatic carbocycles. The number of ether oxygens (including phenoxy) is 2. The van der Waals surface area contributed by atoms with Crippen LogP contribution in [0, 0.1) is 6.92 Å². The van der Waals surface area contributed by atoms with E-state index < -0.39 is 10.8 Å². The van der Waals surface area contributed by atoms with Crippen LogP contribution in [-0.2, 0) is 21.3 Å². The van der Waals surface area contributed by atoms with Crippen LogP contribution in [0.2, 0.25) is 0 Å². The molecule has 0 bridgehead atoms. The maximum absolute atomic E-state index is 12.7. The molecular weight excluding hydrogens is 354 g/mol. The summed E-state index contributed by atoms with van der Waals surface area (Å²) in [5, 5.41) is 10.5. The Balaban J connectivity index is 1.78. The molecule has 2 N–H and O–H groups in total. The number of pyridine rings is 1. The summed E-state index contributed by atoms with van der Waals surface area (Å²) in [6.45, 7) is 2.97. The second-order valence-electron chi connectivity index (χ2n) is 5.84. The quantitative estimate of drug-likeness (QED) is 0.357. The second-order valence-corrected chi connectivity index (χ2v) is 7.21. The fraction of sp³-hybridized carbons (Fsp3) is 0.333. The van der Waals surface area contributed by atoms with E-state index >= 15 is 0 Å². The fourth-order valence-electron chi connectivity index (χ4n) is 2.61. The van der Waals surface area contributed by atoms with Gasteiger partial charge in [-0.3, -0.25) is 9.42 Å². The number of rotatable bonds is 8. The van der Waals surface area contributed by atoms with E-state index in [9.17, 15) is 9.42 Å². The third-order valence-electron chi connectivity index (χ3n) is 4.05. The zero-order valence-electron chi connectivity index (χ0n) is 14.8. The first kappa shape index (κ1) is 18.3. The Morgan fingerprint density at radius 2 is 2.08 bits per heavy atom. The van der Waals surface area contributed by atoms with Gasteiger partial charge in [0.1, 0.15) is 11.5 Å². The summed E-state index contributed by atoms with van der Waals surface area (Å²) in [4.78, 5) is 7.44. The molecule has 0 saturated heterocycles. The molecule has 0 radical (unpaired) electrons. The number of aromatic nitrogens is 3. The average Bonchev–Trinajstić information content (AvgIpc) is 3.08. The van der Waals surface area contributed by atoms with Crippen molar-refractivity contribution >= 4 is 21.8 Å². The van der Waals surface area contributed by atoms with E-state index in [4.69, 9.17) is 9.47 Å². The highest BCUT2D eigenvalue weighted by Gasteiger charge is 2.23. The topological polar surface area (TPSA) is 88.3 Å². The molecule has 0 unspecified atom stereocenters. The molecule has 2 aromatic heterocycles. The number of hydrogen-bond donors (Lipinski definition) is 2. The van der Waals surface area contributed by atoms with Gasteiger partial charge in [0.15, 0.2) is 5.16 Å². The first-order chi connectivity index (χ1) is 12.6. The zero-order chi connectivity index (χ0) is 18.5. The summed E-state index contributed by atoms with van der Waals surface area (Å²) in [6, 6.07) is 9.21. The van der Waals surface area contributed by atoms with Crippen molar-refractivity contribution in [1.29, 1.82) is 0 Å². The molecule has 0 fully saturated rings. The lowest BCUT2D eigenvalue weighted by atomic mass is 10.2. The van der Waals surface area contributed by atoms with Crippen molar-refractivity contribution in [2.45, 2.75) is 24.3 Å². The van der Waals surface area contributed by atoms with Gasteiger partial charge in [0.2, 0.25) is 6.20 Å².